The molecule has 0 radical (unpaired) electrons. The molecule has 1 atom stereocenters. The van der Waals surface area contributed by atoms with Crippen molar-refractivity contribution < 1.29 is 9.59 Å². The fraction of sp³-hybridized carbons (Fsp3) is 0.368. The van der Waals surface area contributed by atoms with E-state index in [-0.39, 0.29) is 23.8 Å². The number of benzene rings is 1. The molecule has 1 saturated heterocycles. The summed E-state index contributed by atoms with van der Waals surface area (Å²) in [7, 11) is 0. The third-order valence-corrected chi connectivity index (χ3v) is 5.23. The Morgan fingerprint density at radius 3 is 2.62 bits per heavy atom. The number of carbonyl (C=O) groups is 2. The summed E-state index contributed by atoms with van der Waals surface area (Å²) < 4.78 is 0. The van der Waals surface area contributed by atoms with Crippen LogP contribution in [0.4, 0.5) is 0 Å². The Labute approximate surface area is 146 Å². The van der Waals surface area contributed by atoms with E-state index in [4.69, 9.17) is 0 Å². The summed E-state index contributed by atoms with van der Waals surface area (Å²) in [5.41, 5.74) is 1.29. The molecule has 2 amide bonds. The number of thiophene rings is 1. The Kier molecular flexibility index (Phi) is 5.30. The summed E-state index contributed by atoms with van der Waals surface area (Å²) in [5.74, 6) is 0.0186. The molecule has 126 valence electrons. The number of likely N-dealkylation sites (tertiary alicyclic amines) is 1. The molecular weight excluding hydrogens is 320 g/mol. The van der Waals surface area contributed by atoms with Gasteiger partial charge in [-0.2, -0.15) is 0 Å². The number of hydrogen-bond acceptors (Lipinski definition) is 3. The summed E-state index contributed by atoms with van der Waals surface area (Å²) >= 11 is 1.44. The highest BCUT2D eigenvalue weighted by Gasteiger charge is 2.36. The second kappa shape index (κ2) is 7.62. The van der Waals surface area contributed by atoms with Crippen molar-refractivity contribution in [2.45, 2.75) is 25.8 Å². The van der Waals surface area contributed by atoms with E-state index in [9.17, 15) is 9.59 Å². The van der Waals surface area contributed by atoms with Gasteiger partial charge in [0.2, 0.25) is 5.91 Å². The van der Waals surface area contributed by atoms with Crippen LogP contribution in [0.3, 0.4) is 0 Å². The van der Waals surface area contributed by atoms with Gasteiger partial charge in [-0.15, -0.1) is 11.3 Å². The van der Waals surface area contributed by atoms with Gasteiger partial charge < -0.3 is 10.2 Å². The predicted octanol–water partition coefficient (Wildman–Crippen LogP) is 2.96. The molecule has 0 unspecified atom stereocenters. The topological polar surface area (TPSA) is 49.4 Å². The standard InChI is InChI=1S/C19H22N2O2S/c1-14(9-10-15-6-3-2-4-7-15)20-18(22)16-12-21(13-16)19(23)17-8-5-11-24-17/h2-8,11,14,16H,9-10,12-13H2,1H3,(H,20,22)/t14-/m1/s1. The van der Waals surface area contributed by atoms with E-state index >= 15 is 0 Å². The lowest BCUT2D eigenvalue weighted by Crippen LogP contribution is -2.56. The molecule has 24 heavy (non-hydrogen) atoms. The van der Waals surface area contributed by atoms with E-state index < -0.39 is 0 Å². The minimum absolute atomic E-state index is 0.0335. The van der Waals surface area contributed by atoms with E-state index in [0.717, 1.165) is 17.7 Å². The van der Waals surface area contributed by atoms with Crippen LogP contribution < -0.4 is 5.32 Å². The lowest BCUT2D eigenvalue weighted by Gasteiger charge is -2.38. The number of rotatable bonds is 6. The zero-order valence-corrected chi connectivity index (χ0v) is 14.6. The van der Waals surface area contributed by atoms with Crippen molar-refractivity contribution in [3.05, 3.63) is 58.3 Å². The number of nitrogens with one attached hydrogen (secondary N) is 1. The summed E-state index contributed by atoms with van der Waals surface area (Å²) in [5, 5.41) is 4.97. The van der Waals surface area contributed by atoms with Crippen molar-refractivity contribution in [2.24, 2.45) is 5.92 Å². The van der Waals surface area contributed by atoms with Gasteiger partial charge in [0.25, 0.3) is 5.91 Å². The molecule has 0 saturated carbocycles. The van der Waals surface area contributed by atoms with Crippen LogP contribution in [0.5, 0.6) is 0 Å². The maximum Gasteiger partial charge on any atom is 0.263 e. The fourth-order valence-corrected chi connectivity index (χ4v) is 3.52. The maximum absolute atomic E-state index is 12.3. The first kappa shape index (κ1) is 16.7. The van der Waals surface area contributed by atoms with E-state index in [0.29, 0.717) is 13.1 Å². The Hall–Kier alpha value is -2.14. The second-order valence-corrected chi connectivity index (χ2v) is 7.27. The van der Waals surface area contributed by atoms with Crippen molar-refractivity contribution in [1.29, 1.82) is 0 Å². The maximum atomic E-state index is 12.3. The van der Waals surface area contributed by atoms with Crippen LogP contribution >= 0.6 is 11.3 Å². The molecule has 0 spiro atoms. The molecule has 5 heteroatoms. The van der Waals surface area contributed by atoms with Crippen molar-refractivity contribution in [1.82, 2.24) is 10.2 Å². The van der Waals surface area contributed by atoms with Crippen molar-refractivity contribution in [2.75, 3.05) is 13.1 Å². The molecule has 1 aromatic heterocycles. The summed E-state index contributed by atoms with van der Waals surface area (Å²) in [6.45, 7) is 3.08. The molecule has 0 aliphatic carbocycles. The predicted molar refractivity (Wildman–Crippen MR) is 96.1 cm³/mol. The molecule has 1 aromatic carbocycles. The van der Waals surface area contributed by atoms with E-state index in [2.05, 4.69) is 17.4 Å². The number of amides is 2. The quantitative estimate of drug-likeness (QED) is 0.877. The van der Waals surface area contributed by atoms with Crippen molar-refractivity contribution in [3.63, 3.8) is 0 Å². The smallest absolute Gasteiger partial charge is 0.263 e. The van der Waals surface area contributed by atoms with Crippen LogP contribution in [-0.4, -0.2) is 35.8 Å². The first-order valence-corrected chi connectivity index (χ1v) is 9.18. The highest BCUT2D eigenvalue weighted by atomic mass is 32.1. The fourth-order valence-electron chi connectivity index (χ4n) is 2.83. The Bertz CT molecular complexity index is 679. The van der Waals surface area contributed by atoms with Gasteiger partial charge in [-0.3, -0.25) is 9.59 Å². The molecule has 1 fully saturated rings. The third-order valence-electron chi connectivity index (χ3n) is 4.37. The Morgan fingerprint density at radius 1 is 1.21 bits per heavy atom. The normalized spacial score (nSPS) is 15.6. The zero-order valence-electron chi connectivity index (χ0n) is 13.8. The van der Waals surface area contributed by atoms with Gasteiger partial charge in [0.15, 0.2) is 0 Å². The highest BCUT2D eigenvalue weighted by molar-refractivity contribution is 7.12. The zero-order chi connectivity index (χ0) is 16.9. The van der Waals surface area contributed by atoms with Gasteiger partial charge in [-0.1, -0.05) is 36.4 Å². The number of carbonyl (C=O) groups excluding carboxylic acids is 2. The van der Waals surface area contributed by atoms with Gasteiger partial charge in [0.05, 0.1) is 10.8 Å². The van der Waals surface area contributed by atoms with E-state index in [1.807, 2.05) is 42.6 Å². The second-order valence-electron chi connectivity index (χ2n) is 6.32. The van der Waals surface area contributed by atoms with E-state index in [1.54, 1.807) is 4.90 Å². The number of nitrogens with zero attached hydrogens (tertiary/aromatic N) is 1. The van der Waals surface area contributed by atoms with Gasteiger partial charge in [0.1, 0.15) is 0 Å². The molecule has 2 aromatic rings. The van der Waals surface area contributed by atoms with Crippen molar-refractivity contribution >= 4 is 23.2 Å². The summed E-state index contributed by atoms with van der Waals surface area (Å²) in [4.78, 5) is 26.9. The molecule has 3 rings (SSSR count). The molecular formula is C19H22N2O2S. The summed E-state index contributed by atoms with van der Waals surface area (Å²) in [6, 6.07) is 14.1. The third kappa shape index (κ3) is 4.03. The molecule has 4 nitrogen and oxygen atoms in total. The highest BCUT2D eigenvalue weighted by Crippen LogP contribution is 2.21. The monoisotopic (exact) mass is 342 g/mol. The Balaban J connectivity index is 1.39. The Morgan fingerprint density at radius 2 is 1.96 bits per heavy atom. The molecule has 1 aliphatic rings. The van der Waals surface area contributed by atoms with Crippen LogP contribution in [0, 0.1) is 5.92 Å². The van der Waals surface area contributed by atoms with Gasteiger partial charge >= 0.3 is 0 Å². The number of aryl methyl sites for hydroxylation is 1. The first-order chi connectivity index (χ1) is 11.6. The van der Waals surface area contributed by atoms with E-state index in [1.165, 1.54) is 16.9 Å². The lowest BCUT2D eigenvalue weighted by atomic mass is 9.98. The van der Waals surface area contributed by atoms with Gasteiger partial charge in [-0.05, 0) is 36.8 Å². The van der Waals surface area contributed by atoms with Crippen LogP contribution in [0.15, 0.2) is 47.8 Å². The lowest BCUT2D eigenvalue weighted by molar-refractivity contribution is -0.129. The average molecular weight is 342 g/mol. The van der Waals surface area contributed by atoms with Crippen LogP contribution in [0.2, 0.25) is 0 Å². The molecule has 2 heterocycles. The SMILES string of the molecule is C[C@H](CCc1ccccc1)NC(=O)C1CN(C(=O)c2cccs2)C1. The van der Waals surface area contributed by atoms with Crippen molar-refractivity contribution in [3.8, 4) is 0 Å². The largest absolute Gasteiger partial charge is 0.353 e. The van der Waals surface area contributed by atoms with Gasteiger partial charge in [0, 0.05) is 19.1 Å². The average Bonchev–Trinajstić information content (AvgIpc) is 3.07. The number of hydrogen-bond donors (Lipinski definition) is 1. The minimum Gasteiger partial charge on any atom is -0.353 e. The van der Waals surface area contributed by atoms with Crippen LogP contribution in [0.1, 0.15) is 28.6 Å². The summed E-state index contributed by atoms with van der Waals surface area (Å²) in [6.07, 6.45) is 1.87. The van der Waals surface area contributed by atoms with Crippen LogP contribution in [0.25, 0.3) is 0 Å². The first-order valence-electron chi connectivity index (χ1n) is 8.30. The molecule has 0 bridgehead atoms. The molecule has 1 aliphatic heterocycles. The minimum atomic E-state index is -0.0758. The van der Waals surface area contributed by atoms with Crippen LogP contribution in [-0.2, 0) is 11.2 Å². The molecule has 1 N–H and O–H groups in total. The van der Waals surface area contributed by atoms with Gasteiger partial charge in [-0.25, -0.2) is 0 Å².